The van der Waals surface area contributed by atoms with Crippen molar-refractivity contribution in [2.45, 2.75) is 6.54 Å². The van der Waals surface area contributed by atoms with E-state index in [1.54, 1.807) is 34.9 Å². The molecule has 0 spiro atoms. The van der Waals surface area contributed by atoms with Gasteiger partial charge in [0.1, 0.15) is 22.2 Å². The minimum atomic E-state index is -1.15. The molecule has 0 aliphatic heterocycles. The molecule has 5 nitrogen and oxygen atoms in total. The highest BCUT2D eigenvalue weighted by Crippen LogP contribution is 2.33. The lowest BCUT2D eigenvalue weighted by Crippen LogP contribution is -2.01. The van der Waals surface area contributed by atoms with Gasteiger partial charge in [0, 0.05) is 11.9 Å². The van der Waals surface area contributed by atoms with Crippen LogP contribution in [0.15, 0.2) is 42.5 Å². The molecular formula is C16H12ClNO4. The van der Waals surface area contributed by atoms with Crippen LogP contribution < -0.4 is 0 Å². The van der Waals surface area contributed by atoms with Crippen molar-refractivity contribution in [2.24, 2.45) is 0 Å². The maximum Gasteiger partial charge on any atom is 0.339 e. The van der Waals surface area contributed by atoms with E-state index in [2.05, 4.69) is 0 Å². The van der Waals surface area contributed by atoms with Crippen LogP contribution in [0.25, 0.3) is 10.9 Å². The Morgan fingerprint density at radius 1 is 1.05 bits per heavy atom. The maximum atomic E-state index is 11.4. The number of aromatic nitrogens is 1. The molecule has 22 heavy (non-hydrogen) atoms. The second kappa shape index (κ2) is 5.27. The normalized spacial score (nSPS) is 11.0. The Morgan fingerprint density at radius 2 is 1.68 bits per heavy atom. The zero-order chi connectivity index (χ0) is 15.9. The second-order valence-corrected chi connectivity index (χ2v) is 5.28. The van der Waals surface area contributed by atoms with Crippen LogP contribution in [0.3, 0.4) is 0 Å². The Bertz CT molecular complexity index is 868. The Balaban J connectivity index is 2.18. The van der Waals surface area contributed by atoms with Gasteiger partial charge < -0.3 is 19.9 Å². The van der Waals surface area contributed by atoms with Crippen molar-refractivity contribution in [2.75, 3.05) is 0 Å². The topological polar surface area (TPSA) is 82.7 Å². The highest BCUT2D eigenvalue weighted by atomic mass is 35.5. The van der Waals surface area contributed by atoms with Crippen molar-refractivity contribution in [3.05, 3.63) is 58.7 Å². The molecule has 0 saturated heterocycles. The lowest BCUT2D eigenvalue weighted by Gasteiger charge is -2.07. The van der Waals surface area contributed by atoms with Crippen molar-refractivity contribution in [3.63, 3.8) is 0 Å². The number of benzene rings is 2. The number of fused-ring (bicyclic) bond motifs is 1. The highest BCUT2D eigenvalue weighted by molar-refractivity contribution is 6.35. The van der Waals surface area contributed by atoms with Crippen LogP contribution in [0.5, 0.6) is 11.5 Å². The number of aromatic hydroxyl groups is 2. The van der Waals surface area contributed by atoms with E-state index in [4.69, 9.17) is 11.6 Å². The van der Waals surface area contributed by atoms with E-state index in [-0.39, 0.29) is 22.2 Å². The van der Waals surface area contributed by atoms with E-state index in [1.807, 2.05) is 0 Å². The van der Waals surface area contributed by atoms with Crippen LogP contribution in [-0.4, -0.2) is 25.9 Å². The summed E-state index contributed by atoms with van der Waals surface area (Å²) in [5.41, 5.74) is 1.45. The first-order chi connectivity index (χ1) is 10.5. The number of nitrogens with zero attached hydrogens (tertiary/aromatic N) is 1. The predicted octanol–water partition coefficient (Wildman–Crippen LogP) is 3.45. The first-order valence-electron chi connectivity index (χ1n) is 6.49. The van der Waals surface area contributed by atoms with Gasteiger partial charge in [0.15, 0.2) is 0 Å². The van der Waals surface area contributed by atoms with Crippen LogP contribution in [-0.2, 0) is 6.54 Å². The smallest absolute Gasteiger partial charge is 0.339 e. The van der Waals surface area contributed by atoms with E-state index in [0.717, 1.165) is 5.56 Å². The number of hydrogen-bond acceptors (Lipinski definition) is 3. The summed E-state index contributed by atoms with van der Waals surface area (Å²) < 4.78 is 1.66. The molecule has 2 aromatic carbocycles. The van der Waals surface area contributed by atoms with Crippen LogP contribution in [0.2, 0.25) is 5.15 Å². The van der Waals surface area contributed by atoms with Crippen molar-refractivity contribution in [3.8, 4) is 11.5 Å². The third-order valence-electron chi connectivity index (χ3n) is 3.47. The number of rotatable bonds is 3. The minimum absolute atomic E-state index is 0.0200. The van der Waals surface area contributed by atoms with E-state index in [0.29, 0.717) is 17.4 Å². The summed E-state index contributed by atoms with van der Waals surface area (Å²) in [4.78, 5) is 11.4. The molecule has 112 valence electrons. The molecule has 3 rings (SSSR count). The molecule has 0 amide bonds. The highest BCUT2D eigenvalue weighted by Gasteiger charge is 2.21. The summed E-state index contributed by atoms with van der Waals surface area (Å²) in [5.74, 6) is -1.01. The van der Waals surface area contributed by atoms with Gasteiger partial charge >= 0.3 is 5.97 Å². The molecule has 3 N–H and O–H groups in total. The molecular weight excluding hydrogens is 306 g/mol. The van der Waals surface area contributed by atoms with Gasteiger partial charge in [-0.15, -0.1) is 0 Å². The van der Waals surface area contributed by atoms with Gasteiger partial charge in [-0.25, -0.2) is 4.79 Å². The summed E-state index contributed by atoms with van der Waals surface area (Å²) in [6.07, 6.45) is 0. The minimum Gasteiger partial charge on any atom is -0.508 e. The van der Waals surface area contributed by atoms with Crippen molar-refractivity contribution >= 4 is 28.5 Å². The monoisotopic (exact) mass is 317 g/mol. The molecule has 3 aromatic rings. The van der Waals surface area contributed by atoms with Crippen molar-refractivity contribution < 1.29 is 20.1 Å². The van der Waals surface area contributed by atoms with E-state index in [9.17, 15) is 20.1 Å². The van der Waals surface area contributed by atoms with Gasteiger partial charge in [-0.3, -0.25) is 0 Å². The fraction of sp³-hybridized carbons (Fsp3) is 0.0625. The summed E-state index contributed by atoms with van der Waals surface area (Å²) in [7, 11) is 0. The molecule has 0 radical (unpaired) electrons. The lowest BCUT2D eigenvalue weighted by atomic mass is 10.1. The van der Waals surface area contributed by atoms with Gasteiger partial charge in [0.2, 0.25) is 0 Å². The zero-order valence-corrected chi connectivity index (χ0v) is 12.1. The van der Waals surface area contributed by atoms with Crippen LogP contribution in [0, 0.1) is 0 Å². The third-order valence-corrected chi connectivity index (χ3v) is 3.87. The van der Waals surface area contributed by atoms with E-state index in [1.165, 1.54) is 12.1 Å². The molecule has 6 heteroatoms. The number of hydrogen-bond donors (Lipinski definition) is 3. The van der Waals surface area contributed by atoms with Gasteiger partial charge in [-0.2, -0.15) is 0 Å². The second-order valence-electron chi connectivity index (χ2n) is 4.93. The average Bonchev–Trinajstić information content (AvgIpc) is 2.73. The van der Waals surface area contributed by atoms with Crippen molar-refractivity contribution in [1.82, 2.24) is 4.57 Å². The van der Waals surface area contributed by atoms with Crippen LogP contribution in [0.4, 0.5) is 0 Å². The first kappa shape index (κ1) is 14.3. The summed E-state index contributed by atoms with van der Waals surface area (Å²) in [6, 6.07) is 11.1. The SMILES string of the molecule is O=C(O)c1c(Cl)n(Cc2ccc(O)cc2)c2ccc(O)cc12. The molecule has 0 aliphatic carbocycles. The van der Waals surface area contributed by atoms with E-state index < -0.39 is 5.97 Å². The predicted molar refractivity (Wildman–Crippen MR) is 82.8 cm³/mol. The lowest BCUT2D eigenvalue weighted by molar-refractivity contribution is 0.0699. The quantitative estimate of drug-likeness (QED) is 0.691. The average molecular weight is 318 g/mol. The molecule has 0 bridgehead atoms. The fourth-order valence-electron chi connectivity index (χ4n) is 2.45. The molecule has 0 atom stereocenters. The summed E-state index contributed by atoms with van der Waals surface area (Å²) in [5, 5.41) is 28.7. The standard InChI is InChI=1S/C16H12ClNO4/c17-15-14(16(21)22)12-7-11(20)5-6-13(12)18(15)8-9-1-3-10(19)4-2-9/h1-7,19-20H,8H2,(H,21,22). The Morgan fingerprint density at radius 3 is 2.32 bits per heavy atom. The number of carboxylic acid groups (broad SMARTS) is 1. The Labute approximate surface area is 130 Å². The molecule has 0 unspecified atom stereocenters. The third kappa shape index (κ3) is 2.35. The molecule has 1 heterocycles. The van der Waals surface area contributed by atoms with Crippen LogP contribution in [0.1, 0.15) is 15.9 Å². The first-order valence-corrected chi connectivity index (χ1v) is 6.87. The largest absolute Gasteiger partial charge is 0.508 e. The molecule has 0 saturated carbocycles. The molecule has 1 aromatic heterocycles. The Kier molecular flexibility index (Phi) is 3.42. The summed E-state index contributed by atoms with van der Waals surface area (Å²) in [6.45, 7) is 0.355. The van der Waals surface area contributed by atoms with Gasteiger partial charge in [0.05, 0.1) is 5.52 Å². The fourth-order valence-corrected chi connectivity index (χ4v) is 2.79. The molecule has 0 aliphatic rings. The van der Waals surface area contributed by atoms with Crippen LogP contribution >= 0.6 is 11.6 Å². The van der Waals surface area contributed by atoms with Gasteiger partial charge in [0.25, 0.3) is 0 Å². The maximum absolute atomic E-state index is 11.4. The zero-order valence-electron chi connectivity index (χ0n) is 11.3. The van der Waals surface area contributed by atoms with E-state index >= 15 is 0 Å². The number of carboxylic acids is 1. The van der Waals surface area contributed by atoms with Crippen molar-refractivity contribution in [1.29, 1.82) is 0 Å². The molecule has 0 fully saturated rings. The van der Waals surface area contributed by atoms with Gasteiger partial charge in [-0.1, -0.05) is 23.7 Å². The number of phenolic OH excluding ortho intramolecular Hbond substituents is 2. The number of phenols is 2. The van der Waals surface area contributed by atoms with Gasteiger partial charge in [-0.05, 0) is 35.9 Å². The number of halogens is 1. The number of carbonyl (C=O) groups is 1. The Hall–Kier alpha value is -2.66. The summed E-state index contributed by atoms with van der Waals surface area (Å²) >= 11 is 6.23. The number of aromatic carboxylic acids is 1.